The van der Waals surface area contributed by atoms with Gasteiger partial charge in [-0.15, -0.1) is 0 Å². The van der Waals surface area contributed by atoms with Crippen LogP contribution < -0.4 is 5.32 Å². The molecule has 0 aromatic heterocycles. The molecule has 3 aliphatic carbocycles. The van der Waals surface area contributed by atoms with Crippen LogP contribution in [0.5, 0.6) is 0 Å². The predicted molar refractivity (Wildman–Crippen MR) is 133 cm³/mol. The minimum atomic E-state index is -6.34. The highest BCUT2D eigenvalue weighted by Gasteiger charge is 2.73. The van der Waals surface area contributed by atoms with Crippen molar-refractivity contribution in [2.75, 3.05) is 0 Å². The maximum absolute atomic E-state index is 14.9. The topological polar surface area (TPSA) is 83.5 Å². The summed E-state index contributed by atoms with van der Waals surface area (Å²) in [4.78, 5) is 12.6. The van der Waals surface area contributed by atoms with Crippen molar-refractivity contribution in [3.05, 3.63) is 65.0 Å². The summed E-state index contributed by atoms with van der Waals surface area (Å²) in [6, 6.07) is 4.67. The predicted octanol–water partition coefficient (Wildman–Crippen LogP) is 5.79. The van der Waals surface area contributed by atoms with E-state index >= 15 is 0 Å². The second kappa shape index (κ2) is 9.63. The average Bonchev–Trinajstić information content (AvgIpc) is 3.25. The van der Waals surface area contributed by atoms with Gasteiger partial charge in [0, 0.05) is 23.4 Å². The van der Waals surface area contributed by atoms with Crippen molar-refractivity contribution < 1.29 is 53.4 Å². The SMILES string of the molecule is C[C@]1(O)C[C@@H](C(=O)N[C@@H]2CC[C@@]3(S(=O)(=O)c4ccc(F)cc4)c4ccc(C(F)(C(F)(F)F)C(F)(F)F)cc4CC[C@@H]23)C1. The van der Waals surface area contributed by atoms with Crippen molar-refractivity contribution >= 4 is 15.7 Å². The van der Waals surface area contributed by atoms with Gasteiger partial charge in [-0.05, 0) is 80.8 Å². The van der Waals surface area contributed by atoms with Gasteiger partial charge < -0.3 is 10.4 Å². The molecular weight excluding hydrogens is 598 g/mol. The molecule has 0 radical (unpaired) electrons. The van der Waals surface area contributed by atoms with Gasteiger partial charge in [0.05, 0.1) is 10.5 Å². The fourth-order valence-electron chi connectivity index (χ4n) is 7.04. The first-order chi connectivity index (χ1) is 19.2. The van der Waals surface area contributed by atoms with Crippen molar-refractivity contribution in [3.8, 4) is 0 Å². The monoisotopic (exact) mass is 625 g/mol. The molecule has 0 unspecified atom stereocenters. The van der Waals surface area contributed by atoms with Crippen LogP contribution in [0.15, 0.2) is 47.4 Å². The molecule has 2 N–H and O–H groups in total. The van der Waals surface area contributed by atoms with E-state index in [9.17, 15) is 53.4 Å². The van der Waals surface area contributed by atoms with Crippen LogP contribution >= 0.6 is 0 Å². The summed E-state index contributed by atoms with van der Waals surface area (Å²) < 4.78 is 136. The fraction of sp³-hybridized carbons (Fsp3) is 0.536. The highest BCUT2D eigenvalue weighted by molar-refractivity contribution is 7.92. The van der Waals surface area contributed by atoms with Gasteiger partial charge in [-0.3, -0.25) is 4.79 Å². The zero-order chi connectivity index (χ0) is 31.1. The highest BCUT2D eigenvalue weighted by Crippen LogP contribution is 2.59. The summed E-state index contributed by atoms with van der Waals surface area (Å²) in [6.07, 6.45) is -12.6. The second-order valence-corrected chi connectivity index (χ2v) is 14.0. The molecule has 2 aromatic carbocycles. The van der Waals surface area contributed by atoms with Gasteiger partial charge in [0.15, 0.2) is 9.84 Å². The Kier molecular flexibility index (Phi) is 7.04. The zero-order valence-corrected chi connectivity index (χ0v) is 22.9. The van der Waals surface area contributed by atoms with E-state index in [1.165, 1.54) is 0 Å². The summed E-state index contributed by atoms with van der Waals surface area (Å²) in [7, 11) is -4.49. The maximum atomic E-state index is 14.9. The third kappa shape index (κ3) is 4.51. The van der Waals surface area contributed by atoms with E-state index in [0.29, 0.717) is 12.1 Å². The number of aryl methyl sites for hydroxylation is 1. The molecular formula is C28H27F8NO4S. The number of carbonyl (C=O) groups is 1. The van der Waals surface area contributed by atoms with Gasteiger partial charge in [0.2, 0.25) is 5.91 Å². The molecule has 5 nitrogen and oxygen atoms in total. The summed E-state index contributed by atoms with van der Waals surface area (Å²) in [5.41, 5.74) is -8.68. The van der Waals surface area contributed by atoms with Gasteiger partial charge in [-0.2, -0.15) is 26.3 Å². The molecule has 2 saturated carbocycles. The number of amides is 1. The Morgan fingerprint density at radius 2 is 1.55 bits per heavy atom. The molecule has 5 rings (SSSR count). The highest BCUT2D eigenvalue weighted by atomic mass is 32.2. The third-order valence-corrected chi connectivity index (χ3v) is 11.6. The number of rotatable bonds is 5. The van der Waals surface area contributed by atoms with E-state index in [1.807, 2.05) is 0 Å². The van der Waals surface area contributed by atoms with Crippen LogP contribution in [-0.4, -0.2) is 43.4 Å². The molecule has 14 heteroatoms. The van der Waals surface area contributed by atoms with Crippen LogP contribution in [0.2, 0.25) is 0 Å². The smallest absolute Gasteiger partial charge is 0.390 e. The lowest BCUT2D eigenvalue weighted by atomic mass is 9.71. The van der Waals surface area contributed by atoms with Gasteiger partial charge in [0.25, 0.3) is 0 Å². The van der Waals surface area contributed by atoms with Gasteiger partial charge in [0.1, 0.15) is 10.6 Å². The van der Waals surface area contributed by atoms with Crippen molar-refractivity contribution in [2.24, 2.45) is 11.8 Å². The molecule has 3 aliphatic rings. The molecule has 2 fully saturated rings. The Balaban J connectivity index is 1.62. The molecule has 0 spiro atoms. The molecule has 2 aromatic rings. The molecule has 1 amide bonds. The molecule has 0 heterocycles. The number of nitrogens with one attached hydrogen (secondary N) is 1. The number of fused-ring (bicyclic) bond motifs is 3. The standard InChI is InChI=1S/C28H27F8NO4S/c1-24(39)13-16(14-24)23(38)37-22-10-11-25(42(40,41)19-6-4-18(29)5-7-19)20-9-3-17(12-15(20)2-8-21(22)25)26(30,27(31,32)33)28(34,35)36/h3-7,9,12,16,21-22,39H,2,8,10-11,13-14H2,1H3,(H,37,38)/t16-,21-,22+,24+,25+/m0/s1. The van der Waals surface area contributed by atoms with Crippen molar-refractivity contribution in [1.29, 1.82) is 0 Å². The Morgan fingerprint density at radius 3 is 2.10 bits per heavy atom. The van der Waals surface area contributed by atoms with Crippen LogP contribution in [0.1, 0.15) is 55.7 Å². The first-order valence-corrected chi connectivity index (χ1v) is 14.7. The van der Waals surface area contributed by atoms with Crippen LogP contribution in [-0.2, 0) is 31.5 Å². The maximum Gasteiger partial charge on any atom is 0.435 e. The van der Waals surface area contributed by atoms with Gasteiger partial charge >= 0.3 is 18.0 Å². The molecule has 0 aliphatic heterocycles. The number of alkyl halides is 7. The Hall–Kier alpha value is -2.74. The van der Waals surface area contributed by atoms with E-state index in [0.717, 1.165) is 30.3 Å². The number of aliphatic hydroxyl groups is 1. The normalized spacial score (nSPS) is 29.8. The Morgan fingerprint density at radius 1 is 0.952 bits per heavy atom. The second-order valence-electron chi connectivity index (χ2n) is 11.8. The number of benzene rings is 2. The van der Waals surface area contributed by atoms with Gasteiger partial charge in [-0.1, -0.05) is 18.2 Å². The lowest BCUT2D eigenvalue weighted by Gasteiger charge is -2.44. The molecule has 42 heavy (non-hydrogen) atoms. The van der Waals surface area contributed by atoms with Crippen LogP contribution in [0.4, 0.5) is 35.1 Å². The minimum absolute atomic E-state index is 0.0540. The van der Waals surface area contributed by atoms with E-state index in [1.54, 1.807) is 6.92 Å². The molecule has 0 saturated heterocycles. The van der Waals surface area contributed by atoms with E-state index in [2.05, 4.69) is 5.32 Å². The summed E-state index contributed by atoms with van der Waals surface area (Å²) in [5.74, 6) is -2.50. The first kappa shape index (κ1) is 30.7. The summed E-state index contributed by atoms with van der Waals surface area (Å²) in [6.45, 7) is 1.57. The van der Waals surface area contributed by atoms with Gasteiger partial charge in [-0.25, -0.2) is 17.2 Å². The third-order valence-electron chi connectivity index (χ3n) is 9.05. The number of halogens is 8. The Labute approximate surface area is 236 Å². The molecule has 0 bridgehead atoms. The van der Waals surface area contributed by atoms with Crippen LogP contribution in [0.3, 0.4) is 0 Å². The summed E-state index contributed by atoms with van der Waals surface area (Å²) >= 11 is 0. The number of sulfone groups is 1. The fourth-order valence-corrected chi connectivity index (χ4v) is 9.51. The summed E-state index contributed by atoms with van der Waals surface area (Å²) in [5, 5.41) is 12.9. The molecule has 230 valence electrons. The van der Waals surface area contributed by atoms with Crippen LogP contribution in [0, 0.1) is 17.7 Å². The number of hydrogen-bond acceptors (Lipinski definition) is 4. The quantitative estimate of drug-likeness (QED) is 0.326. The average molecular weight is 626 g/mol. The number of hydrogen-bond donors (Lipinski definition) is 2. The Bertz CT molecular complexity index is 1480. The molecule has 3 atom stereocenters. The minimum Gasteiger partial charge on any atom is -0.390 e. The van der Waals surface area contributed by atoms with Crippen molar-refractivity contribution in [3.63, 3.8) is 0 Å². The first-order valence-electron chi connectivity index (χ1n) is 13.2. The van der Waals surface area contributed by atoms with Crippen molar-refractivity contribution in [1.82, 2.24) is 5.32 Å². The van der Waals surface area contributed by atoms with E-state index in [-0.39, 0.29) is 54.5 Å². The van der Waals surface area contributed by atoms with Crippen LogP contribution in [0.25, 0.3) is 0 Å². The van der Waals surface area contributed by atoms with E-state index < -0.39 is 73.4 Å². The van der Waals surface area contributed by atoms with E-state index in [4.69, 9.17) is 0 Å². The largest absolute Gasteiger partial charge is 0.435 e. The number of carbonyl (C=O) groups excluding carboxylic acids is 1. The lowest BCUT2D eigenvalue weighted by molar-refractivity contribution is -0.348. The zero-order valence-electron chi connectivity index (χ0n) is 22.1. The van der Waals surface area contributed by atoms with Crippen molar-refractivity contribution in [2.45, 2.75) is 84.8 Å². The lowest BCUT2D eigenvalue weighted by Crippen LogP contribution is -2.53.